The van der Waals surface area contributed by atoms with Gasteiger partial charge in [-0.2, -0.15) is 0 Å². The molecule has 6 nitrogen and oxygen atoms in total. The van der Waals surface area contributed by atoms with Gasteiger partial charge in [-0.3, -0.25) is 4.99 Å². The molecule has 0 atom stereocenters. The van der Waals surface area contributed by atoms with Crippen LogP contribution in [0.1, 0.15) is 57.6 Å². The topological polar surface area (TPSA) is 58.3 Å². The van der Waals surface area contributed by atoms with E-state index in [-0.39, 0.29) is 24.0 Å². The van der Waals surface area contributed by atoms with Crippen molar-refractivity contribution in [3.05, 3.63) is 11.6 Å². The first-order valence-electron chi connectivity index (χ1n) is 9.08. The molecule has 1 aromatic heterocycles. The maximum absolute atomic E-state index is 4.49. The second-order valence-corrected chi connectivity index (χ2v) is 6.92. The van der Waals surface area contributed by atoms with Crippen LogP contribution in [0.2, 0.25) is 0 Å². The molecule has 2 aliphatic heterocycles. The van der Waals surface area contributed by atoms with E-state index in [0.29, 0.717) is 12.0 Å². The molecule has 1 N–H and O–H groups in total. The normalized spacial score (nSPS) is 19.8. The highest BCUT2D eigenvalue weighted by molar-refractivity contribution is 14.0. The number of hydrogen-bond acceptors (Lipinski definition) is 3. The number of aliphatic imine (C=N–C) groups is 1. The lowest BCUT2D eigenvalue weighted by Gasteiger charge is -2.28. The second kappa shape index (κ2) is 8.49. The number of likely N-dealkylation sites (tertiary alicyclic amines) is 1. The summed E-state index contributed by atoms with van der Waals surface area (Å²) in [4.78, 5) is 6.89. The summed E-state index contributed by atoms with van der Waals surface area (Å²) in [5.74, 6) is 3.18. The number of rotatable bonds is 4. The molecule has 24 heavy (non-hydrogen) atoms. The molecule has 2 aliphatic rings. The van der Waals surface area contributed by atoms with Gasteiger partial charge in [-0.15, -0.1) is 34.2 Å². The second-order valence-electron chi connectivity index (χ2n) is 6.92. The van der Waals surface area contributed by atoms with Crippen molar-refractivity contribution in [2.75, 3.05) is 20.1 Å². The van der Waals surface area contributed by atoms with E-state index >= 15 is 0 Å². The van der Waals surface area contributed by atoms with E-state index in [2.05, 4.69) is 43.8 Å². The molecular formula is C17H31IN6. The summed E-state index contributed by atoms with van der Waals surface area (Å²) < 4.78 is 2.27. The molecule has 0 aliphatic carbocycles. The lowest BCUT2D eigenvalue weighted by atomic mass is 9.82. The molecule has 136 valence electrons. The van der Waals surface area contributed by atoms with Crippen LogP contribution in [0.4, 0.5) is 0 Å². The fourth-order valence-electron chi connectivity index (χ4n) is 3.93. The van der Waals surface area contributed by atoms with Gasteiger partial charge in [0.25, 0.3) is 0 Å². The Hall–Kier alpha value is -0.860. The van der Waals surface area contributed by atoms with Crippen LogP contribution < -0.4 is 5.32 Å². The third-order valence-corrected chi connectivity index (χ3v) is 5.79. The number of nitrogens with zero attached hydrogens (tertiary/aromatic N) is 5. The van der Waals surface area contributed by atoms with Crippen LogP contribution in [0.5, 0.6) is 0 Å². The predicted molar refractivity (Wildman–Crippen MR) is 108 cm³/mol. The van der Waals surface area contributed by atoms with Crippen molar-refractivity contribution in [3.63, 3.8) is 0 Å². The molecule has 3 heterocycles. The average molecular weight is 446 g/mol. The van der Waals surface area contributed by atoms with Gasteiger partial charge < -0.3 is 14.8 Å². The Morgan fingerprint density at radius 1 is 1.21 bits per heavy atom. The van der Waals surface area contributed by atoms with Crippen molar-refractivity contribution < 1.29 is 0 Å². The van der Waals surface area contributed by atoms with E-state index in [1.54, 1.807) is 0 Å². The van der Waals surface area contributed by atoms with Crippen LogP contribution in [0, 0.1) is 5.41 Å². The number of guanidine groups is 1. The molecule has 0 saturated carbocycles. The molecule has 0 amide bonds. The van der Waals surface area contributed by atoms with Gasteiger partial charge in [0.15, 0.2) is 11.8 Å². The van der Waals surface area contributed by atoms with Crippen LogP contribution in [0.25, 0.3) is 0 Å². The number of halogens is 1. The maximum Gasteiger partial charge on any atom is 0.194 e. The van der Waals surface area contributed by atoms with E-state index in [9.17, 15) is 0 Å². The lowest BCUT2D eigenvalue weighted by Crippen LogP contribution is -2.41. The standard InChI is InChI=1S/C17H30N6.HI/c1-4-17(5-2)9-11-22(13-17)16(18-3)19-12-15-21-20-14-8-6-7-10-23(14)15;/h4-13H2,1-3H3,(H,18,19);1H. The number of fused-ring (bicyclic) bond motifs is 1. The van der Waals surface area contributed by atoms with Gasteiger partial charge in [-0.25, -0.2) is 0 Å². The van der Waals surface area contributed by atoms with E-state index < -0.39 is 0 Å². The summed E-state index contributed by atoms with van der Waals surface area (Å²) in [6.45, 7) is 8.59. The van der Waals surface area contributed by atoms with E-state index in [1.165, 1.54) is 32.1 Å². The van der Waals surface area contributed by atoms with Crippen molar-refractivity contribution in [2.24, 2.45) is 10.4 Å². The Morgan fingerprint density at radius 3 is 2.67 bits per heavy atom. The molecule has 1 saturated heterocycles. The van der Waals surface area contributed by atoms with Gasteiger partial charge in [0, 0.05) is 33.1 Å². The highest BCUT2D eigenvalue weighted by atomic mass is 127. The van der Waals surface area contributed by atoms with Crippen molar-refractivity contribution in [3.8, 4) is 0 Å². The smallest absolute Gasteiger partial charge is 0.194 e. The Labute approximate surface area is 162 Å². The minimum Gasteiger partial charge on any atom is -0.349 e. The SMILES string of the molecule is CCC1(CC)CCN(C(=NC)NCc2nnc3n2CCCC3)C1.I. The minimum absolute atomic E-state index is 0. The molecule has 0 bridgehead atoms. The van der Waals surface area contributed by atoms with Gasteiger partial charge in [0.1, 0.15) is 5.82 Å². The summed E-state index contributed by atoms with van der Waals surface area (Å²) in [5, 5.41) is 12.2. The van der Waals surface area contributed by atoms with Crippen molar-refractivity contribution in [2.45, 2.75) is 65.5 Å². The van der Waals surface area contributed by atoms with Crippen LogP contribution in [0.15, 0.2) is 4.99 Å². The molecule has 0 aromatic carbocycles. The first-order chi connectivity index (χ1) is 11.2. The molecule has 0 radical (unpaired) electrons. The molecule has 3 rings (SSSR count). The van der Waals surface area contributed by atoms with Crippen LogP contribution in [-0.4, -0.2) is 45.8 Å². The summed E-state index contributed by atoms with van der Waals surface area (Å²) in [7, 11) is 1.87. The summed E-state index contributed by atoms with van der Waals surface area (Å²) in [5.41, 5.74) is 0.464. The summed E-state index contributed by atoms with van der Waals surface area (Å²) >= 11 is 0. The first-order valence-corrected chi connectivity index (χ1v) is 9.08. The highest BCUT2D eigenvalue weighted by Gasteiger charge is 2.36. The summed E-state index contributed by atoms with van der Waals surface area (Å²) in [6.07, 6.45) is 7.28. The zero-order valence-electron chi connectivity index (χ0n) is 15.2. The van der Waals surface area contributed by atoms with Crippen LogP contribution >= 0.6 is 24.0 Å². The molecule has 1 aromatic rings. The fraction of sp³-hybridized carbons (Fsp3) is 0.824. The van der Waals surface area contributed by atoms with E-state index in [4.69, 9.17) is 0 Å². The Balaban J connectivity index is 0.00000208. The number of hydrogen-bond donors (Lipinski definition) is 1. The van der Waals surface area contributed by atoms with Gasteiger partial charge in [0.05, 0.1) is 6.54 Å². The molecule has 7 heteroatoms. The van der Waals surface area contributed by atoms with Gasteiger partial charge >= 0.3 is 0 Å². The molecule has 0 spiro atoms. The van der Waals surface area contributed by atoms with Gasteiger partial charge in [-0.1, -0.05) is 13.8 Å². The monoisotopic (exact) mass is 446 g/mol. The largest absolute Gasteiger partial charge is 0.349 e. The first kappa shape index (κ1) is 19.5. The van der Waals surface area contributed by atoms with Gasteiger partial charge in [0.2, 0.25) is 0 Å². The summed E-state index contributed by atoms with van der Waals surface area (Å²) in [6, 6.07) is 0. The average Bonchev–Trinajstić information content (AvgIpc) is 3.21. The van der Waals surface area contributed by atoms with E-state index in [1.807, 2.05) is 7.05 Å². The fourth-order valence-corrected chi connectivity index (χ4v) is 3.93. The van der Waals surface area contributed by atoms with E-state index in [0.717, 1.165) is 43.7 Å². The van der Waals surface area contributed by atoms with Crippen LogP contribution in [0.3, 0.4) is 0 Å². The van der Waals surface area contributed by atoms with Gasteiger partial charge in [-0.05, 0) is 37.5 Å². The molecule has 1 fully saturated rings. The molecule has 0 unspecified atom stereocenters. The third kappa shape index (κ3) is 3.86. The minimum atomic E-state index is 0. The van der Waals surface area contributed by atoms with Crippen molar-refractivity contribution in [1.29, 1.82) is 0 Å². The zero-order chi connectivity index (χ0) is 16.3. The van der Waals surface area contributed by atoms with Crippen molar-refractivity contribution >= 4 is 29.9 Å². The Bertz CT molecular complexity index is 563. The molecular weight excluding hydrogens is 415 g/mol. The maximum atomic E-state index is 4.49. The number of aryl methyl sites for hydroxylation is 1. The third-order valence-electron chi connectivity index (χ3n) is 5.79. The Morgan fingerprint density at radius 2 is 2.00 bits per heavy atom. The predicted octanol–water partition coefficient (Wildman–Crippen LogP) is 2.82. The Kier molecular flexibility index (Phi) is 6.88. The number of aromatic nitrogens is 3. The highest BCUT2D eigenvalue weighted by Crippen LogP contribution is 2.36. The lowest BCUT2D eigenvalue weighted by molar-refractivity contribution is 0.276. The number of nitrogens with one attached hydrogen (secondary N) is 1. The van der Waals surface area contributed by atoms with Crippen LogP contribution in [-0.2, 0) is 19.5 Å². The quantitative estimate of drug-likeness (QED) is 0.439. The van der Waals surface area contributed by atoms with Crippen molar-refractivity contribution in [1.82, 2.24) is 25.0 Å². The zero-order valence-corrected chi connectivity index (χ0v) is 17.5.